The van der Waals surface area contributed by atoms with E-state index in [9.17, 15) is 9.59 Å². The molecule has 1 saturated carbocycles. The van der Waals surface area contributed by atoms with E-state index in [-0.39, 0.29) is 24.2 Å². The highest BCUT2D eigenvalue weighted by Crippen LogP contribution is 2.23. The minimum absolute atomic E-state index is 0.00405. The number of rotatable bonds is 7. The monoisotopic (exact) mass is 269 g/mol. The van der Waals surface area contributed by atoms with Gasteiger partial charge in [0.15, 0.2) is 5.78 Å². The van der Waals surface area contributed by atoms with Gasteiger partial charge in [0.05, 0.1) is 12.6 Å². The lowest BCUT2D eigenvalue weighted by atomic mass is 9.90. The highest BCUT2D eigenvalue weighted by molar-refractivity contribution is 5.88. The van der Waals surface area contributed by atoms with E-state index in [1.807, 2.05) is 13.8 Å². The average molecular weight is 269 g/mol. The van der Waals surface area contributed by atoms with Crippen LogP contribution in [0.25, 0.3) is 0 Å². The molecule has 19 heavy (non-hydrogen) atoms. The molecule has 0 spiro atoms. The Morgan fingerprint density at radius 3 is 2.37 bits per heavy atom. The fourth-order valence-corrected chi connectivity index (χ4v) is 2.62. The lowest BCUT2D eigenvalue weighted by Gasteiger charge is -2.22. The fourth-order valence-electron chi connectivity index (χ4n) is 2.62. The third kappa shape index (κ3) is 6.19. The topological polar surface area (TPSA) is 55.4 Å². The van der Waals surface area contributed by atoms with Crippen molar-refractivity contribution in [2.45, 2.75) is 58.9 Å². The Kier molecular flexibility index (Phi) is 7.06. The normalized spacial score (nSPS) is 18.3. The third-order valence-corrected chi connectivity index (χ3v) is 3.73. The van der Waals surface area contributed by atoms with E-state index in [0.717, 1.165) is 0 Å². The second kappa shape index (κ2) is 8.31. The van der Waals surface area contributed by atoms with Crippen LogP contribution in [0.3, 0.4) is 0 Å². The molecule has 4 heteroatoms. The smallest absolute Gasteiger partial charge is 0.246 e. The van der Waals surface area contributed by atoms with E-state index in [2.05, 4.69) is 5.32 Å². The molecular weight excluding hydrogens is 242 g/mol. The van der Waals surface area contributed by atoms with E-state index in [4.69, 9.17) is 4.74 Å². The van der Waals surface area contributed by atoms with E-state index in [1.165, 1.54) is 39.0 Å². The first-order valence-corrected chi connectivity index (χ1v) is 7.38. The van der Waals surface area contributed by atoms with Crippen molar-refractivity contribution in [1.29, 1.82) is 0 Å². The second-order valence-electron chi connectivity index (χ2n) is 5.92. The van der Waals surface area contributed by atoms with Crippen LogP contribution < -0.4 is 5.32 Å². The first kappa shape index (κ1) is 16.2. The molecule has 0 heterocycles. The first-order chi connectivity index (χ1) is 9.00. The SMILES string of the molecule is CC(=O)C(NC(=O)COCC1CCCCC1)C(C)C. The summed E-state index contributed by atoms with van der Waals surface area (Å²) < 4.78 is 5.47. The van der Waals surface area contributed by atoms with E-state index < -0.39 is 6.04 Å². The van der Waals surface area contributed by atoms with Gasteiger partial charge >= 0.3 is 0 Å². The van der Waals surface area contributed by atoms with Crippen LogP contribution in [-0.4, -0.2) is 30.9 Å². The minimum Gasteiger partial charge on any atom is -0.371 e. The minimum atomic E-state index is -0.397. The number of ketones is 1. The van der Waals surface area contributed by atoms with Gasteiger partial charge in [0.2, 0.25) is 5.91 Å². The summed E-state index contributed by atoms with van der Waals surface area (Å²) in [7, 11) is 0. The van der Waals surface area contributed by atoms with Crippen molar-refractivity contribution in [2.24, 2.45) is 11.8 Å². The zero-order chi connectivity index (χ0) is 14.3. The summed E-state index contributed by atoms with van der Waals surface area (Å²) in [6.07, 6.45) is 6.30. The molecule has 1 fully saturated rings. The molecular formula is C15H27NO3. The first-order valence-electron chi connectivity index (χ1n) is 7.38. The molecule has 0 aromatic rings. The highest BCUT2D eigenvalue weighted by Gasteiger charge is 2.21. The van der Waals surface area contributed by atoms with Crippen LogP contribution in [0, 0.1) is 11.8 Å². The maximum absolute atomic E-state index is 11.7. The maximum atomic E-state index is 11.7. The number of ether oxygens (including phenoxy) is 1. The van der Waals surface area contributed by atoms with Gasteiger partial charge in [-0.25, -0.2) is 0 Å². The van der Waals surface area contributed by atoms with Gasteiger partial charge in [0, 0.05) is 0 Å². The molecule has 110 valence electrons. The standard InChI is InChI=1S/C15H27NO3/c1-11(2)15(12(3)17)16-14(18)10-19-9-13-7-5-4-6-8-13/h11,13,15H,4-10H2,1-3H3,(H,16,18). The van der Waals surface area contributed by atoms with Crippen molar-refractivity contribution >= 4 is 11.7 Å². The Balaban J connectivity index is 2.21. The summed E-state index contributed by atoms with van der Waals surface area (Å²) in [4.78, 5) is 23.1. The molecule has 0 aromatic heterocycles. The van der Waals surface area contributed by atoms with Crippen molar-refractivity contribution in [3.05, 3.63) is 0 Å². The van der Waals surface area contributed by atoms with Crippen molar-refractivity contribution in [2.75, 3.05) is 13.2 Å². The van der Waals surface area contributed by atoms with E-state index in [0.29, 0.717) is 12.5 Å². The molecule has 4 nitrogen and oxygen atoms in total. The molecule has 0 saturated heterocycles. The van der Waals surface area contributed by atoms with Gasteiger partial charge < -0.3 is 10.1 Å². The number of Topliss-reactive ketones (excluding diaryl/α,β-unsaturated/α-hetero) is 1. The molecule has 1 aliphatic carbocycles. The third-order valence-electron chi connectivity index (χ3n) is 3.73. The molecule has 1 rings (SSSR count). The summed E-state index contributed by atoms with van der Waals surface area (Å²) in [6, 6.07) is -0.397. The Labute approximate surface area is 116 Å². The molecule has 0 aromatic carbocycles. The lowest BCUT2D eigenvalue weighted by Crippen LogP contribution is -2.44. The fraction of sp³-hybridized carbons (Fsp3) is 0.867. The second-order valence-corrected chi connectivity index (χ2v) is 5.92. The van der Waals surface area contributed by atoms with Crippen molar-refractivity contribution < 1.29 is 14.3 Å². The van der Waals surface area contributed by atoms with E-state index in [1.54, 1.807) is 0 Å². The van der Waals surface area contributed by atoms with Gasteiger partial charge in [-0.15, -0.1) is 0 Å². The maximum Gasteiger partial charge on any atom is 0.246 e. The number of hydrogen-bond donors (Lipinski definition) is 1. The molecule has 1 aliphatic rings. The Morgan fingerprint density at radius 2 is 1.84 bits per heavy atom. The summed E-state index contributed by atoms with van der Waals surface area (Å²) in [5, 5.41) is 2.74. The van der Waals surface area contributed by atoms with Crippen LogP contribution in [0.15, 0.2) is 0 Å². The largest absolute Gasteiger partial charge is 0.371 e. The molecule has 1 N–H and O–H groups in total. The predicted octanol–water partition coefficient (Wildman–Crippen LogP) is 2.31. The van der Waals surface area contributed by atoms with Crippen molar-refractivity contribution in [3.8, 4) is 0 Å². The van der Waals surface area contributed by atoms with Gasteiger partial charge in [0.1, 0.15) is 6.61 Å². The summed E-state index contributed by atoms with van der Waals surface area (Å²) in [5.41, 5.74) is 0. The number of nitrogens with one attached hydrogen (secondary N) is 1. The van der Waals surface area contributed by atoms with Crippen LogP contribution >= 0.6 is 0 Å². The predicted molar refractivity (Wildman–Crippen MR) is 74.8 cm³/mol. The van der Waals surface area contributed by atoms with Gasteiger partial charge in [-0.3, -0.25) is 9.59 Å². The van der Waals surface area contributed by atoms with Crippen LogP contribution in [-0.2, 0) is 14.3 Å². The summed E-state index contributed by atoms with van der Waals surface area (Å²) in [5.74, 6) is 0.524. The van der Waals surface area contributed by atoms with Gasteiger partial charge in [0.25, 0.3) is 0 Å². The van der Waals surface area contributed by atoms with Crippen molar-refractivity contribution in [3.63, 3.8) is 0 Å². The molecule has 0 radical (unpaired) electrons. The lowest BCUT2D eigenvalue weighted by molar-refractivity contribution is -0.131. The number of carbonyl (C=O) groups is 2. The molecule has 1 amide bonds. The average Bonchev–Trinajstić information content (AvgIpc) is 2.36. The van der Waals surface area contributed by atoms with Gasteiger partial charge in [-0.1, -0.05) is 33.1 Å². The summed E-state index contributed by atoms with van der Waals surface area (Å²) in [6.45, 7) is 6.09. The van der Waals surface area contributed by atoms with Crippen LogP contribution in [0.5, 0.6) is 0 Å². The summed E-state index contributed by atoms with van der Waals surface area (Å²) >= 11 is 0. The number of amides is 1. The number of carbonyl (C=O) groups excluding carboxylic acids is 2. The molecule has 0 bridgehead atoms. The zero-order valence-electron chi connectivity index (χ0n) is 12.4. The zero-order valence-corrected chi connectivity index (χ0v) is 12.4. The van der Waals surface area contributed by atoms with Crippen molar-refractivity contribution in [1.82, 2.24) is 5.32 Å². The Bertz CT molecular complexity index is 296. The van der Waals surface area contributed by atoms with Crippen LogP contribution in [0.2, 0.25) is 0 Å². The molecule has 1 unspecified atom stereocenters. The molecule has 0 aliphatic heterocycles. The quantitative estimate of drug-likeness (QED) is 0.771. The number of hydrogen-bond acceptors (Lipinski definition) is 3. The highest BCUT2D eigenvalue weighted by atomic mass is 16.5. The Morgan fingerprint density at radius 1 is 1.21 bits per heavy atom. The van der Waals surface area contributed by atoms with Gasteiger partial charge in [-0.2, -0.15) is 0 Å². The van der Waals surface area contributed by atoms with Gasteiger partial charge in [-0.05, 0) is 31.6 Å². The molecule has 1 atom stereocenters. The Hall–Kier alpha value is -0.900. The van der Waals surface area contributed by atoms with Crippen LogP contribution in [0.1, 0.15) is 52.9 Å². The van der Waals surface area contributed by atoms with E-state index >= 15 is 0 Å². The van der Waals surface area contributed by atoms with Crippen LogP contribution in [0.4, 0.5) is 0 Å².